The van der Waals surface area contributed by atoms with Crippen LogP contribution in [0.3, 0.4) is 0 Å². The second-order valence-corrected chi connectivity index (χ2v) is 6.68. The molecule has 0 fully saturated rings. The number of hydrogen-bond acceptors (Lipinski definition) is 3. The van der Waals surface area contributed by atoms with Crippen LogP contribution in [0, 0.1) is 6.92 Å². The Hall–Kier alpha value is -1.69. The second-order valence-electron chi connectivity index (χ2n) is 4.92. The minimum atomic E-state index is -3.48. The maximum Gasteiger partial charge on any atom is 0.240 e. The summed E-state index contributed by atoms with van der Waals surface area (Å²) in [5, 5.41) is 3.12. The van der Waals surface area contributed by atoms with Crippen LogP contribution in [0.2, 0.25) is 0 Å². The van der Waals surface area contributed by atoms with Gasteiger partial charge in [-0.1, -0.05) is 48.0 Å². The lowest BCUT2D eigenvalue weighted by atomic mass is 10.1. The zero-order valence-electron chi connectivity index (χ0n) is 12.2. The van der Waals surface area contributed by atoms with E-state index in [4.69, 9.17) is 0 Å². The number of aryl methyl sites for hydroxylation is 1. The van der Waals surface area contributed by atoms with E-state index in [9.17, 15) is 8.42 Å². The Morgan fingerprint density at radius 3 is 2.19 bits per heavy atom. The average molecular weight is 304 g/mol. The molecule has 0 spiro atoms. The van der Waals surface area contributed by atoms with Crippen molar-refractivity contribution in [2.24, 2.45) is 0 Å². The van der Waals surface area contributed by atoms with E-state index in [0.717, 1.165) is 11.1 Å². The smallest absolute Gasteiger partial charge is 0.240 e. The molecule has 0 heterocycles. The van der Waals surface area contributed by atoms with Crippen molar-refractivity contribution in [1.29, 1.82) is 0 Å². The Balaban J connectivity index is 2.08. The van der Waals surface area contributed by atoms with Crippen LogP contribution in [-0.2, 0) is 10.0 Å². The summed E-state index contributed by atoms with van der Waals surface area (Å²) >= 11 is 0. The molecule has 0 radical (unpaired) electrons. The van der Waals surface area contributed by atoms with Crippen LogP contribution in [0.1, 0.15) is 17.2 Å². The quantitative estimate of drug-likeness (QED) is 0.860. The number of benzene rings is 2. The fraction of sp³-hybridized carbons (Fsp3) is 0.250. The summed E-state index contributed by atoms with van der Waals surface area (Å²) in [6.07, 6.45) is 0. The summed E-state index contributed by atoms with van der Waals surface area (Å²) < 4.78 is 27.2. The maximum atomic E-state index is 12.3. The van der Waals surface area contributed by atoms with Gasteiger partial charge in [0.2, 0.25) is 10.0 Å². The first-order chi connectivity index (χ1) is 10.0. The molecule has 1 unspecified atom stereocenters. The molecule has 0 amide bonds. The van der Waals surface area contributed by atoms with Gasteiger partial charge in [0.25, 0.3) is 0 Å². The third-order valence-corrected chi connectivity index (χ3v) is 4.80. The van der Waals surface area contributed by atoms with Gasteiger partial charge in [0, 0.05) is 12.6 Å². The minimum Gasteiger partial charge on any atom is -0.312 e. The Bertz CT molecular complexity index is 667. The van der Waals surface area contributed by atoms with Crippen LogP contribution in [0.5, 0.6) is 0 Å². The topological polar surface area (TPSA) is 58.2 Å². The summed E-state index contributed by atoms with van der Waals surface area (Å²) in [6.45, 7) is 2.23. The average Bonchev–Trinajstić information content (AvgIpc) is 2.49. The highest BCUT2D eigenvalue weighted by molar-refractivity contribution is 7.89. The molecule has 0 aliphatic heterocycles. The molecule has 1 atom stereocenters. The number of nitrogens with one attached hydrogen (secondary N) is 2. The molecule has 21 heavy (non-hydrogen) atoms. The van der Waals surface area contributed by atoms with Gasteiger partial charge < -0.3 is 5.32 Å². The normalized spacial score (nSPS) is 13.0. The van der Waals surface area contributed by atoms with Crippen LogP contribution < -0.4 is 10.0 Å². The molecule has 5 heteroatoms. The highest BCUT2D eigenvalue weighted by Crippen LogP contribution is 2.14. The molecule has 0 saturated carbocycles. The van der Waals surface area contributed by atoms with Crippen LogP contribution in [0.25, 0.3) is 0 Å². The number of sulfonamides is 1. The lowest BCUT2D eigenvalue weighted by Gasteiger charge is -2.17. The van der Waals surface area contributed by atoms with Crippen molar-refractivity contribution in [3.8, 4) is 0 Å². The van der Waals surface area contributed by atoms with Gasteiger partial charge >= 0.3 is 0 Å². The Morgan fingerprint density at radius 2 is 1.62 bits per heavy atom. The van der Waals surface area contributed by atoms with Gasteiger partial charge in [-0.3, -0.25) is 0 Å². The molecular weight excluding hydrogens is 284 g/mol. The van der Waals surface area contributed by atoms with Crippen molar-refractivity contribution >= 4 is 10.0 Å². The molecule has 2 aromatic carbocycles. The Morgan fingerprint density at radius 1 is 1.00 bits per heavy atom. The van der Waals surface area contributed by atoms with Crippen molar-refractivity contribution in [2.45, 2.75) is 17.9 Å². The lowest BCUT2D eigenvalue weighted by molar-refractivity contribution is 0.547. The molecule has 2 rings (SSSR count). The second kappa shape index (κ2) is 6.85. The van der Waals surface area contributed by atoms with E-state index < -0.39 is 10.0 Å². The van der Waals surface area contributed by atoms with Gasteiger partial charge in [-0.05, 0) is 31.7 Å². The van der Waals surface area contributed by atoms with Crippen LogP contribution in [-0.4, -0.2) is 22.0 Å². The van der Waals surface area contributed by atoms with Crippen molar-refractivity contribution in [1.82, 2.24) is 10.0 Å². The van der Waals surface area contributed by atoms with E-state index in [-0.39, 0.29) is 10.9 Å². The van der Waals surface area contributed by atoms with E-state index in [0.29, 0.717) is 6.54 Å². The summed E-state index contributed by atoms with van der Waals surface area (Å²) in [7, 11) is -1.66. The van der Waals surface area contributed by atoms with Gasteiger partial charge in [0.05, 0.1) is 4.90 Å². The fourth-order valence-electron chi connectivity index (χ4n) is 2.07. The van der Waals surface area contributed by atoms with Crippen molar-refractivity contribution < 1.29 is 8.42 Å². The Kier molecular flexibility index (Phi) is 5.12. The highest BCUT2D eigenvalue weighted by atomic mass is 32.2. The van der Waals surface area contributed by atoms with E-state index in [2.05, 4.69) is 10.0 Å². The molecular formula is C16H20N2O2S. The maximum absolute atomic E-state index is 12.3. The first-order valence-corrected chi connectivity index (χ1v) is 8.30. The summed E-state index contributed by atoms with van der Waals surface area (Å²) in [5.74, 6) is 0. The summed E-state index contributed by atoms with van der Waals surface area (Å²) in [5.41, 5.74) is 2.08. The van der Waals surface area contributed by atoms with Gasteiger partial charge in [-0.15, -0.1) is 0 Å². The van der Waals surface area contributed by atoms with Gasteiger partial charge in [0.15, 0.2) is 0 Å². The van der Waals surface area contributed by atoms with E-state index >= 15 is 0 Å². The predicted octanol–water partition coefficient (Wildman–Crippen LogP) is 2.23. The lowest BCUT2D eigenvalue weighted by Crippen LogP contribution is -2.33. The molecule has 0 aromatic heterocycles. The molecule has 0 aliphatic rings. The van der Waals surface area contributed by atoms with Crippen LogP contribution in [0.4, 0.5) is 0 Å². The SMILES string of the molecule is CNC(CNS(=O)(=O)c1ccc(C)cc1)c1ccccc1. The Labute approximate surface area is 126 Å². The predicted molar refractivity (Wildman–Crippen MR) is 84.6 cm³/mol. The van der Waals surface area contributed by atoms with Crippen LogP contribution in [0.15, 0.2) is 59.5 Å². The van der Waals surface area contributed by atoms with Gasteiger partial charge in [0.1, 0.15) is 0 Å². The highest BCUT2D eigenvalue weighted by Gasteiger charge is 2.16. The zero-order valence-corrected chi connectivity index (χ0v) is 13.0. The third-order valence-electron chi connectivity index (χ3n) is 3.36. The number of likely N-dealkylation sites (N-methyl/N-ethyl adjacent to an activating group) is 1. The van der Waals surface area contributed by atoms with E-state index in [1.807, 2.05) is 44.3 Å². The van der Waals surface area contributed by atoms with Crippen molar-refractivity contribution in [3.63, 3.8) is 0 Å². The van der Waals surface area contributed by atoms with Crippen molar-refractivity contribution in [3.05, 3.63) is 65.7 Å². The van der Waals surface area contributed by atoms with Gasteiger partial charge in [-0.25, -0.2) is 13.1 Å². The number of hydrogen-bond donors (Lipinski definition) is 2. The molecule has 0 aliphatic carbocycles. The van der Waals surface area contributed by atoms with E-state index in [1.54, 1.807) is 24.3 Å². The monoisotopic (exact) mass is 304 g/mol. The fourth-order valence-corrected chi connectivity index (χ4v) is 3.11. The standard InChI is InChI=1S/C16H20N2O2S/c1-13-8-10-15(11-9-13)21(19,20)18-12-16(17-2)14-6-4-3-5-7-14/h3-11,16-18H,12H2,1-2H3. The zero-order chi connectivity index (χ0) is 15.3. The molecule has 112 valence electrons. The molecule has 0 saturated heterocycles. The van der Waals surface area contributed by atoms with E-state index in [1.165, 1.54) is 0 Å². The summed E-state index contributed by atoms with van der Waals surface area (Å²) in [4.78, 5) is 0.288. The molecule has 0 bridgehead atoms. The molecule has 4 nitrogen and oxygen atoms in total. The third kappa shape index (κ3) is 4.14. The van der Waals surface area contributed by atoms with Crippen molar-refractivity contribution in [2.75, 3.05) is 13.6 Å². The first-order valence-electron chi connectivity index (χ1n) is 6.81. The van der Waals surface area contributed by atoms with Gasteiger partial charge in [-0.2, -0.15) is 0 Å². The number of rotatable bonds is 6. The molecule has 2 aromatic rings. The first kappa shape index (κ1) is 15.7. The van der Waals surface area contributed by atoms with Crippen LogP contribution >= 0.6 is 0 Å². The molecule has 2 N–H and O–H groups in total. The largest absolute Gasteiger partial charge is 0.312 e. The summed E-state index contributed by atoms with van der Waals surface area (Å²) in [6, 6.07) is 16.5. The minimum absolute atomic E-state index is 0.0635.